The van der Waals surface area contributed by atoms with Crippen LogP contribution in [-0.2, 0) is 4.79 Å². The fourth-order valence-corrected chi connectivity index (χ4v) is 0.953. The number of carboxylic acid groups (broad SMARTS) is 1. The lowest BCUT2D eigenvalue weighted by Gasteiger charge is -2.26. The molecule has 0 aromatic heterocycles. The zero-order valence-electron chi connectivity index (χ0n) is 8.49. The molecule has 0 aromatic rings. The molecule has 0 aromatic carbocycles. The second kappa shape index (κ2) is 6.75. The van der Waals surface area contributed by atoms with Crippen LogP contribution in [0.4, 0.5) is 0 Å². The van der Waals surface area contributed by atoms with Crippen LogP contribution < -0.4 is 5.32 Å². The third kappa shape index (κ3) is 5.90. The van der Waals surface area contributed by atoms with Crippen molar-refractivity contribution < 1.29 is 20.1 Å². The highest BCUT2D eigenvalue weighted by molar-refractivity contribution is 5.66. The highest BCUT2D eigenvalue weighted by atomic mass is 16.4. The monoisotopic (exact) mass is 205 g/mol. The summed E-state index contributed by atoms with van der Waals surface area (Å²) >= 11 is 0. The van der Waals surface area contributed by atoms with Crippen LogP contribution >= 0.6 is 0 Å². The standard InChI is InChI=1S/C9H19NO4/c1-9(6-11,7-12)10-5-3-2-4-8(13)14/h10-12H,2-7H2,1H3,(H,13,14). The lowest BCUT2D eigenvalue weighted by Crippen LogP contribution is -2.49. The fraction of sp³-hybridized carbons (Fsp3) is 0.889. The Balaban J connectivity index is 3.47. The van der Waals surface area contributed by atoms with Crippen molar-refractivity contribution in [1.29, 1.82) is 0 Å². The summed E-state index contributed by atoms with van der Waals surface area (Å²) < 4.78 is 0. The number of aliphatic hydroxyl groups excluding tert-OH is 2. The summed E-state index contributed by atoms with van der Waals surface area (Å²) in [5.74, 6) is -0.794. The smallest absolute Gasteiger partial charge is 0.303 e. The fourth-order valence-electron chi connectivity index (χ4n) is 0.953. The third-order valence-corrected chi connectivity index (χ3v) is 2.07. The molecule has 0 atom stereocenters. The van der Waals surface area contributed by atoms with Crippen LogP contribution in [0.3, 0.4) is 0 Å². The Hall–Kier alpha value is -0.650. The molecule has 5 nitrogen and oxygen atoms in total. The molecular weight excluding hydrogens is 186 g/mol. The normalized spacial score (nSPS) is 11.6. The lowest BCUT2D eigenvalue weighted by atomic mass is 10.1. The van der Waals surface area contributed by atoms with E-state index in [2.05, 4.69) is 5.32 Å². The van der Waals surface area contributed by atoms with Gasteiger partial charge in [0.1, 0.15) is 0 Å². The second-order valence-corrected chi connectivity index (χ2v) is 3.65. The van der Waals surface area contributed by atoms with E-state index in [1.165, 1.54) is 0 Å². The van der Waals surface area contributed by atoms with Gasteiger partial charge < -0.3 is 20.6 Å². The van der Waals surface area contributed by atoms with Crippen molar-refractivity contribution in [2.24, 2.45) is 0 Å². The van der Waals surface area contributed by atoms with Gasteiger partial charge in [0.15, 0.2) is 0 Å². The summed E-state index contributed by atoms with van der Waals surface area (Å²) in [4.78, 5) is 10.2. The van der Waals surface area contributed by atoms with E-state index in [1.807, 2.05) is 0 Å². The van der Waals surface area contributed by atoms with E-state index in [9.17, 15) is 4.79 Å². The minimum absolute atomic E-state index is 0.136. The molecule has 0 heterocycles. The molecule has 0 saturated heterocycles. The summed E-state index contributed by atoms with van der Waals surface area (Å²) in [5.41, 5.74) is -0.663. The Morgan fingerprint density at radius 1 is 1.29 bits per heavy atom. The Morgan fingerprint density at radius 2 is 1.86 bits per heavy atom. The molecule has 14 heavy (non-hydrogen) atoms. The number of unbranched alkanes of at least 4 members (excludes halogenated alkanes) is 1. The first-order chi connectivity index (χ1) is 6.54. The number of carboxylic acids is 1. The minimum atomic E-state index is -0.794. The number of aliphatic carboxylic acids is 1. The van der Waals surface area contributed by atoms with Crippen molar-refractivity contribution in [3.63, 3.8) is 0 Å². The second-order valence-electron chi connectivity index (χ2n) is 3.65. The summed E-state index contributed by atoms with van der Waals surface area (Å²) in [6.45, 7) is 2.04. The van der Waals surface area contributed by atoms with Crippen molar-refractivity contribution in [2.45, 2.75) is 31.7 Å². The van der Waals surface area contributed by atoms with Gasteiger partial charge in [0, 0.05) is 6.42 Å². The molecule has 0 aliphatic carbocycles. The molecule has 84 valence electrons. The molecule has 0 fully saturated rings. The van der Waals surface area contributed by atoms with E-state index in [4.69, 9.17) is 15.3 Å². The molecular formula is C9H19NO4. The van der Waals surface area contributed by atoms with Crippen molar-refractivity contribution in [1.82, 2.24) is 5.32 Å². The molecule has 0 saturated carbocycles. The predicted octanol–water partition coefficient (Wildman–Crippen LogP) is -0.426. The van der Waals surface area contributed by atoms with Gasteiger partial charge >= 0.3 is 5.97 Å². The zero-order chi connectivity index (χ0) is 11.0. The van der Waals surface area contributed by atoms with E-state index < -0.39 is 11.5 Å². The van der Waals surface area contributed by atoms with Gasteiger partial charge in [-0.3, -0.25) is 4.79 Å². The molecule has 5 heteroatoms. The maximum absolute atomic E-state index is 10.2. The summed E-state index contributed by atoms with van der Waals surface area (Å²) in [6.07, 6.45) is 1.49. The van der Waals surface area contributed by atoms with Crippen LogP contribution in [0.15, 0.2) is 0 Å². The average molecular weight is 205 g/mol. The number of aliphatic hydroxyl groups is 2. The van der Waals surface area contributed by atoms with Crippen molar-refractivity contribution in [3.05, 3.63) is 0 Å². The highest BCUT2D eigenvalue weighted by Crippen LogP contribution is 2.01. The minimum Gasteiger partial charge on any atom is -0.481 e. The summed E-state index contributed by atoms with van der Waals surface area (Å²) in [6, 6.07) is 0. The van der Waals surface area contributed by atoms with Crippen LogP contribution in [-0.4, -0.2) is 46.6 Å². The van der Waals surface area contributed by atoms with Crippen LogP contribution in [0.1, 0.15) is 26.2 Å². The summed E-state index contributed by atoms with van der Waals surface area (Å²) in [5, 5.41) is 29.2. The van der Waals surface area contributed by atoms with E-state index in [0.717, 1.165) is 6.42 Å². The molecule has 0 radical (unpaired) electrons. The Labute approximate surface area is 83.8 Å². The molecule has 0 bridgehead atoms. The summed E-state index contributed by atoms with van der Waals surface area (Å²) in [7, 11) is 0. The Kier molecular flexibility index (Phi) is 6.44. The topological polar surface area (TPSA) is 89.8 Å². The third-order valence-electron chi connectivity index (χ3n) is 2.07. The SMILES string of the molecule is CC(CO)(CO)NCCCCC(=O)O. The van der Waals surface area contributed by atoms with E-state index in [-0.39, 0.29) is 19.6 Å². The van der Waals surface area contributed by atoms with Gasteiger partial charge in [-0.2, -0.15) is 0 Å². The average Bonchev–Trinajstić information content (AvgIpc) is 2.16. The largest absolute Gasteiger partial charge is 0.481 e. The van der Waals surface area contributed by atoms with E-state index in [1.54, 1.807) is 6.92 Å². The molecule has 4 N–H and O–H groups in total. The zero-order valence-corrected chi connectivity index (χ0v) is 8.49. The highest BCUT2D eigenvalue weighted by Gasteiger charge is 2.20. The van der Waals surface area contributed by atoms with Gasteiger partial charge in [-0.1, -0.05) is 0 Å². The Bertz CT molecular complexity index is 168. The van der Waals surface area contributed by atoms with Gasteiger partial charge in [-0.25, -0.2) is 0 Å². The molecule has 0 spiro atoms. The molecule has 0 rings (SSSR count). The molecule has 0 aliphatic heterocycles. The van der Waals surface area contributed by atoms with Gasteiger partial charge in [0.05, 0.1) is 18.8 Å². The number of nitrogens with one attached hydrogen (secondary N) is 1. The van der Waals surface area contributed by atoms with E-state index >= 15 is 0 Å². The number of hydrogen-bond donors (Lipinski definition) is 4. The van der Waals surface area contributed by atoms with Gasteiger partial charge in [0.2, 0.25) is 0 Å². The van der Waals surface area contributed by atoms with E-state index in [0.29, 0.717) is 13.0 Å². The number of rotatable bonds is 8. The number of hydrogen-bond acceptors (Lipinski definition) is 4. The lowest BCUT2D eigenvalue weighted by molar-refractivity contribution is -0.137. The van der Waals surface area contributed by atoms with Crippen molar-refractivity contribution in [3.8, 4) is 0 Å². The predicted molar refractivity (Wildman–Crippen MR) is 52.1 cm³/mol. The molecule has 0 unspecified atom stereocenters. The quantitative estimate of drug-likeness (QED) is 0.404. The van der Waals surface area contributed by atoms with Gasteiger partial charge in [-0.15, -0.1) is 0 Å². The Morgan fingerprint density at radius 3 is 2.29 bits per heavy atom. The van der Waals surface area contributed by atoms with Crippen molar-refractivity contribution in [2.75, 3.05) is 19.8 Å². The molecule has 0 amide bonds. The van der Waals surface area contributed by atoms with Crippen molar-refractivity contribution >= 4 is 5.97 Å². The van der Waals surface area contributed by atoms with Crippen LogP contribution in [0.25, 0.3) is 0 Å². The first kappa shape index (κ1) is 13.4. The van der Waals surface area contributed by atoms with Gasteiger partial charge in [-0.05, 0) is 26.3 Å². The molecule has 0 aliphatic rings. The first-order valence-corrected chi connectivity index (χ1v) is 4.72. The van der Waals surface area contributed by atoms with Gasteiger partial charge in [0.25, 0.3) is 0 Å². The maximum Gasteiger partial charge on any atom is 0.303 e. The number of carbonyl (C=O) groups is 1. The first-order valence-electron chi connectivity index (χ1n) is 4.72. The van der Waals surface area contributed by atoms with Crippen LogP contribution in [0.2, 0.25) is 0 Å². The van der Waals surface area contributed by atoms with Crippen LogP contribution in [0, 0.1) is 0 Å². The van der Waals surface area contributed by atoms with Crippen LogP contribution in [0.5, 0.6) is 0 Å². The maximum atomic E-state index is 10.2.